The monoisotopic (exact) mass is 359 g/mol. The molecule has 0 atom stereocenters. The van der Waals surface area contributed by atoms with Gasteiger partial charge in [-0.25, -0.2) is 9.07 Å². The summed E-state index contributed by atoms with van der Waals surface area (Å²) in [4.78, 5) is 13.5. The van der Waals surface area contributed by atoms with Gasteiger partial charge >= 0.3 is 0 Å². The molecule has 0 aliphatic carbocycles. The van der Waals surface area contributed by atoms with Crippen LogP contribution in [0.25, 0.3) is 16.3 Å². The lowest BCUT2D eigenvalue weighted by atomic mass is 10.2. The summed E-state index contributed by atoms with van der Waals surface area (Å²) in [6, 6.07) is 11.5. The first-order valence-corrected chi connectivity index (χ1v) is 8.74. The molecule has 0 saturated carbocycles. The van der Waals surface area contributed by atoms with Crippen molar-refractivity contribution >= 4 is 17.2 Å². The molecule has 130 valence electrons. The SMILES string of the molecule is COCCCNC(=O)c1cc(-c2cccs2)nn1-c1ccc(F)cc1. The van der Waals surface area contributed by atoms with E-state index >= 15 is 0 Å². The molecule has 2 aromatic heterocycles. The number of hydrogen-bond donors (Lipinski definition) is 1. The first-order valence-electron chi connectivity index (χ1n) is 7.86. The van der Waals surface area contributed by atoms with Crippen LogP contribution < -0.4 is 5.32 Å². The van der Waals surface area contributed by atoms with E-state index in [1.54, 1.807) is 41.3 Å². The van der Waals surface area contributed by atoms with Gasteiger partial charge in [-0.1, -0.05) is 6.07 Å². The molecule has 5 nitrogen and oxygen atoms in total. The second-order valence-electron chi connectivity index (χ2n) is 5.38. The molecule has 0 spiro atoms. The number of thiophene rings is 1. The minimum absolute atomic E-state index is 0.226. The fourth-order valence-electron chi connectivity index (χ4n) is 2.38. The number of nitrogens with one attached hydrogen (secondary N) is 1. The van der Waals surface area contributed by atoms with Crippen molar-refractivity contribution in [1.82, 2.24) is 15.1 Å². The van der Waals surface area contributed by atoms with Gasteiger partial charge in [0.2, 0.25) is 0 Å². The van der Waals surface area contributed by atoms with E-state index in [1.807, 2.05) is 17.5 Å². The van der Waals surface area contributed by atoms with Gasteiger partial charge in [-0.2, -0.15) is 5.10 Å². The van der Waals surface area contributed by atoms with Crippen LogP contribution in [0.5, 0.6) is 0 Å². The van der Waals surface area contributed by atoms with Gasteiger partial charge in [0.15, 0.2) is 0 Å². The molecule has 3 aromatic rings. The maximum absolute atomic E-state index is 13.2. The van der Waals surface area contributed by atoms with Gasteiger partial charge in [0.25, 0.3) is 5.91 Å². The Bertz CT molecular complexity index is 829. The first-order chi connectivity index (χ1) is 12.2. The molecule has 0 radical (unpaired) electrons. The maximum atomic E-state index is 13.2. The Kier molecular flexibility index (Phi) is 5.57. The Labute approximate surface area is 149 Å². The summed E-state index contributed by atoms with van der Waals surface area (Å²) in [5, 5.41) is 9.36. The van der Waals surface area contributed by atoms with Crippen LogP contribution in [0.15, 0.2) is 47.8 Å². The van der Waals surface area contributed by atoms with Crippen LogP contribution in [-0.2, 0) is 4.74 Å². The molecule has 0 unspecified atom stereocenters. The largest absolute Gasteiger partial charge is 0.385 e. The van der Waals surface area contributed by atoms with E-state index in [9.17, 15) is 9.18 Å². The number of halogens is 1. The minimum atomic E-state index is -0.333. The predicted molar refractivity (Wildman–Crippen MR) is 95.7 cm³/mol. The van der Waals surface area contributed by atoms with Gasteiger partial charge in [0, 0.05) is 20.3 Å². The normalized spacial score (nSPS) is 10.8. The highest BCUT2D eigenvalue weighted by atomic mass is 32.1. The molecule has 0 fully saturated rings. The number of methoxy groups -OCH3 is 1. The third-order valence-electron chi connectivity index (χ3n) is 3.60. The highest BCUT2D eigenvalue weighted by molar-refractivity contribution is 7.13. The van der Waals surface area contributed by atoms with E-state index in [-0.39, 0.29) is 11.7 Å². The number of aromatic nitrogens is 2. The number of carbonyl (C=O) groups is 1. The third kappa shape index (κ3) is 4.12. The van der Waals surface area contributed by atoms with E-state index in [0.29, 0.717) is 30.2 Å². The van der Waals surface area contributed by atoms with E-state index in [4.69, 9.17) is 4.74 Å². The van der Waals surface area contributed by atoms with Gasteiger partial charge in [0.1, 0.15) is 17.2 Å². The topological polar surface area (TPSA) is 56.1 Å². The fraction of sp³-hybridized carbons (Fsp3) is 0.222. The minimum Gasteiger partial charge on any atom is -0.385 e. The quantitative estimate of drug-likeness (QED) is 0.657. The summed E-state index contributed by atoms with van der Waals surface area (Å²) in [7, 11) is 1.62. The van der Waals surface area contributed by atoms with Crippen molar-refractivity contribution in [3.05, 3.63) is 59.4 Å². The van der Waals surface area contributed by atoms with Crippen molar-refractivity contribution in [1.29, 1.82) is 0 Å². The Morgan fingerprint density at radius 3 is 2.80 bits per heavy atom. The number of hydrogen-bond acceptors (Lipinski definition) is 4. The van der Waals surface area contributed by atoms with Crippen LogP contribution in [-0.4, -0.2) is 35.9 Å². The van der Waals surface area contributed by atoms with E-state index in [2.05, 4.69) is 10.4 Å². The summed E-state index contributed by atoms with van der Waals surface area (Å²) >= 11 is 1.55. The van der Waals surface area contributed by atoms with Gasteiger partial charge in [0.05, 0.1) is 10.6 Å². The van der Waals surface area contributed by atoms with E-state index in [0.717, 1.165) is 11.3 Å². The van der Waals surface area contributed by atoms with Gasteiger partial charge in [-0.15, -0.1) is 11.3 Å². The second kappa shape index (κ2) is 8.04. The van der Waals surface area contributed by atoms with Crippen LogP contribution in [0.2, 0.25) is 0 Å². The summed E-state index contributed by atoms with van der Waals surface area (Å²) in [6.07, 6.45) is 0.727. The predicted octanol–water partition coefficient (Wildman–Crippen LogP) is 3.51. The molecule has 0 saturated heterocycles. The molecule has 0 aliphatic rings. The lowest BCUT2D eigenvalue weighted by Crippen LogP contribution is -2.27. The molecule has 2 heterocycles. The number of rotatable bonds is 7. The second-order valence-corrected chi connectivity index (χ2v) is 6.33. The average molecular weight is 359 g/mol. The lowest BCUT2D eigenvalue weighted by Gasteiger charge is -2.08. The molecule has 1 amide bonds. The van der Waals surface area contributed by atoms with Crippen molar-refractivity contribution in [2.75, 3.05) is 20.3 Å². The van der Waals surface area contributed by atoms with E-state index in [1.165, 1.54) is 12.1 Å². The Hall–Kier alpha value is -2.51. The molecule has 7 heteroatoms. The Morgan fingerprint density at radius 2 is 2.12 bits per heavy atom. The molecular weight excluding hydrogens is 341 g/mol. The molecule has 0 aliphatic heterocycles. The number of carbonyl (C=O) groups excluding carboxylic acids is 1. The summed E-state index contributed by atoms with van der Waals surface area (Å²) in [6.45, 7) is 1.09. The van der Waals surface area contributed by atoms with E-state index < -0.39 is 0 Å². The Morgan fingerprint density at radius 1 is 1.32 bits per heavy atom. The zero-order chi connectivity index (χ0) is 17.6. The van der Waals surface area contributed by atoms with Crippen molar-refractivity contribution in [2.45, 2.75) is 6.42 Å². The molecule has 3 rings (SSSR count). The summed E-state index contributed by atoms with van der Waals surface area (Å²) in [5.41, 5.74) is 1.75. The summed E-state index contributed by atoms with van der Waals surface area (Å²) in [5.74, 6) is -0.560. The number of nitrogens with zero attached hydrogens (tertiary/aromatic N) is 2. The summed E-state index contributed by atoms with van der Waals surface area (Å²) < 4.78 is 19.7. The molecule has 25 heavy (non-hydrogen) atoms. The average Bonchev–Trinajstić information content (AvgIpc) is 3.28. The van der Waals surface area contributed by atoms with Crippen LogP contribution in [0.4, 0.5) is 4.39 Å². The third-order valence-corrected chi connectivity index (χ3v) is 4.49. The maximum Gasteiger partial charge on any atom is 0.270 e. The van der Waals surface area contributed by atoms with Crippen molar-refractivity contribution in [3.8, 4) is 16.3 Å². The number of amides is 1. The van der Waals surface area contributed by atoms with Crippen molar-refractivity contribution < 1.29 is 13.9 Å². The highest BCUT2D eigenvalue weighted by Crippen LogP contribution is 2.25. The molecular formula is C18H18FN3O2S. The van der Waals surface area contributed by atoms with Gasteiger partial charge in [-0.3, -0.25) is 4.79 Å². The number of ether oxygens (including phenoxy) is 1. The smallest absolute Gasteiger partial charge is 0.270 e. The van der Waals surface area contributed by atoms with Crippen LogP contribution in [0.3, 0.4) is 0 Å². The van der Waals surface area contributed by atoms with Crippen LogP contribution in [0, 0.1) is 5.82 Å². The van der Waals surface area contributed by atoms with Crippen LogP contribution >= 0.6 is 11.3 Å². The van der Waals surface area contributed by atoms with Gasteiger partial charge < -0.3 is 10.1 Å². The zero-order valence-electron chi connectivity index (χ0n) is 13.7. The highest BCUT2D eigenvalue weighted by Gasteiger charge is 2.17. The molecule has 1 aromatic carbocycles. The first kappa shape index (κ1) is 17.3. The number of benzene rings is 1. The lowest BCUT2D eigenvalue weighted by molar-refractivity contribution is 0.0941. The zero-order valence-corrected chi connectivity index (χ0v) is 14.6. The standard InChI is InChI=1S/C18H18FN3O2S/c1-24-10-3-9-20-18(23)16-12-15(17-4-2-11-25-17)21-22(16)14-7-5-13(19)6-8-14/h2,4-8,11-12H,3,9-10H2,1H3,(H,20,23). The van der Waals surface area contributed by atoms with Crippen molar-refractivity contribution in [3.63, 3.8) is 0 Å². The fourth-order valence-corrected chi connectivity index (χ4v) is 3.06. The van der Waals surface area contributed by atoms with Gasteiger partial charge in [-0.05, 0) is 48.2 Å². The van der Waals surface area contributed by atoms with Crippen LogP contribution in [0.1, 0.15) is 16.9 Å². The molecule has 1 N–H and O–H groups in total. The Balaban J connectivity index is 1.91. The van der Waals surface area contributed by atoms with Crippen molar-refractivity contribution in [2.24, 2.45) is 0 Å². The molecule has 0 bridgehead atoms.